The molecule has 2 aromatic carbocycles. The van der Waals surface area contributed by atoms with E-state index in [0.29, 0.717) is 22.4 Å². The van der Waals surface area contributed by atoms with Gasteiger partial charge in [-0.25, -0.2) is 5.01 Å². The van der Waals surface area contributed by atoms with Crippen LogP contribution in [0.4, 0.5) is 0 Å². The fourth-order valence-corrected chi connectivity index (χ4v) is 5.07. The summed E-state index contributed by atoms with van der Waals surface area (Å²) in [5.74, 6) is 1.88. The summed E-state index contributed by atoms with van der Waals surface area (Å²) < 4.78 is 11.7. The second kappa shape index (κ2) is 9.32. The summed E-state index contributed by atoms with van der Waals surface area (Å²) in [6.07, 6.45) is 1.62. The number of nitrogens with one attached hydrogen (secondary N) is 1. The van der Waals surface area contributed by atoms with E-state index in [1.807, 2.05) is 36.4 Å². The topological polar surface area (TPSA) is 75.5 Å². The molecule has 2 aromatic rings. The number of nitrogens with zero attached hydrogens (tertiary/aromatic N) is 3. The van der Waals surface area contributed by atoms with Gasteiger partial charge in [0.2, 0.25) is 0 Å². The summed E-state index contributed by atoms with van der Waals surface area (Å²) >= 11 is 5.10. The molecular formula is C22H23BrN4O3S. The average Bonchev–Trinajstić information content (AvgIpc) is 2.77. The van der Waals surface area contributed by atoms with E-state index in [0.717, 1.165) is 39.2 Å². The van der Waals surface area contributed by atoms with Gasteiger partial charge in [0.05, 0.1) is 24.0 Å². The number of carbonyl (C=O) groups excluding carboxylic acids is 1. The maximum absolute atomic E-state index is 13.1. The Kier molecular flexibility index (Phi) is 6.52. The van der Waals surface area contributed by atoms with Crippen LogP contribution < -0.4 is 25.4 Å². The molecule has 1 N–H and O–H groups in total. The zero-order valence-electron chi connectivity index (χ0n) is 17.5. The predicted molar refractivity (Wildman–Crippen MR) is 125 cm³/mol. The quantitative estimate of drug-likeness (QED) is 0.614. The first kappa shape index (κ1) is 21.7. The van der Waals surface area contributed by atoms with Crippen molar-refractivity contribution in [3.05, 3.63) is 57.0 Å². The molecule has 0 bridgehead atoms. The van der Waals surface area contributed by atoms with Gasteiger partial charge in [-0.3, -0.25) is 15.1 Å². The number of hydrogen-bond donors (Lipinski definition) is 1. The van der Waals surface area contributed by atoms with E-state index in [1.165, 1.54) is 0 Å². The summed E-state index contributed by atoms with van der Waals surface area (Å²) in [4.78, 5) is 18.1. The van der Waals surface area contributed by atoms with Crippen molar-refractivity contribution >= 4 is 44.5 Å². The van der Waals surface area contributed by atoms with Crippen molar-refractivity contribution in [1.82, 2.24) is 10.3 Å². The molecule has 1 unspecified atom stereocenters. The number of hydrogen-bond acceptors (Lipinski definition) is 7. The van der Waals surface area contributed by atoms with E-state index in [9.17, 15) is 4.79 Å². The Morgan fingerprint density at radius 1 is 1.23 bits per heavy atom. The molecule has 2 aliphatic heterocycles. The van der Waals surface area contributed by atoms with Gasteiger partial charge in [0.1, 0.15) is 5.70 Å². The molecule has 7 nitrogen and oxygen atoms in total. The van der Waals surface area contributed by atoms with Crippen molar-refractivity contribution in [2.24, 2.45) is 10.1 Å². The van der Waals surface area contributed by atoms with E-state index in [2.05, 4.69) is 28.2 Å². The predicted octanol–water partition coefficient (Wildman–Crippen LogP) is 3.14. The molecule has 2 aliphatic rings. The van der Waals surface area contributed by atoms with Gasteiger partial charge >= 0.3 is 0 Å². The highest BCUT2D eigenvalue weighted by atomic mass is 79.9. The fraction of sp³-hybridized carbons (Fsp3) is 0.318. The van der Waals surface area contributed by atoms with Gasteiger partial charge in [-0.1, -0.05) is 43.3 Å². The number of benzene rings is 2. The van der Waals surface area contributed by atoms with E-state index >= 15 is 0 Å². The Hall–Kier alpha value is -2.52. The first-order valence-electron chi connectivity index (χ1n) is 9.98. The highest BCUT2D eigenvalue weighted by Crippen LogP contribution is 2.40. The number of carbonyl (C=O) groups is 1. The van der Waals surface area contributed by atoms with E-state index < -0.39 is 6.17 Å². The average molecular weight is 503 g/mol. The Labute approximate surface area is 193 Å². The summed E-state index contributed by atoms with van der Waals surface area (Å²) in [5.41, 5.74) is 1.31. The number of amides is 1. The molecule has 31 heavy (non-hydrogen) atoms. The molecule has 0 saturated heterocycles. The number of para-hydroxylation sites is 1. The molecule has 4 rings (SSSR count). The zero-order valence-corrected chi connectivity index (χ0v) is 19.9. The third-order valence-corrected chi connectivity index (χ3v) is 6.55. The van der Waals surface area contributed by atoms with Crippen LogP contribution in [-0.2, 0) is 4.79 Å². The molecule has 162 valence electrons. The maximum Gasteiger partial charge on any atom is 0.276 e. The maximum atomic E-state index is 13.1. The van der Waals surface area contributed by atoms with E-state index in [4.69, 9.17) is 19.6 Å². The molecule has 9 heteroatoms. The lowest BCUT2D eigenvalue weighted by Crippen LogP contribution is -2.50. The van der Waals surface area contributed by atoms with E-state index in [1.54, 1.807) is 31.0 Å². The minimum atomic E-state index is -0.520. The number of fused-ring (bicyclic) bond motifs is 2. The van der Waals surface area contributed by atoms with Gasteiger partial charge in [-0.05, 0) is 40.5 Å². The second-order valence-electron chi connectivity index (χ2n) is 7.01. The molecule has 0 saturated carbocycles. The lowest BCUT2D eigenvalue weighted by Gasteiger charge is -2.34. The summed E-state index contributed by atoms with van der Waals surface area (Å²) in [6, 6.07) is 11.4. The van der Waals surface area contributed by atoms with E-state index in [-0.39, 0.29) is 5.91 Å². The largest absolute Gasteiger partial charge is 0.493 e. The fourth-order valence-electron chi connectivity index (χ4n) is 3.51. The molecule has 2 heterocycles. The molecule has 0 fully saturated rings. The summed E-state index contributed by atoms with van der Waals surface area (Å²) in [7, 11) is 3.18. The summed E-state index contributed by atoms with van der Waals surface area (Å²) in [5, 5.41) is 11.5. The van der Waals surface area contributed by atoms with Crippen molar-refractivity contribution in [2.45, 2.75) is 25.9 Å². The third-order valence-electron chi connectivity index (χ3n) is 5.01. The second-order valence-corrected chi connectivity index (χ2v) is 8.95. The van der Waals surface area contributed by atoms with Crippen LogP contribution in [0.25, 0.3) is 5.70 Å². The van der Waals surface area contributed by atoms with Crippen LogP contribution in [0.3, 0.4) is 0 Å². The Bertz CT molecular complexity index is 1170. The van der Waals surface area contributed by atoms with Gasteiger partial charge in [-0.15, -0.1) is 5.10 Å². The van der Waals surface area contributed by atoms with Gasteiger partial charge in [-0.2, -0.15) is 0 Å². The summed E-state index contributed by atoms with van der Waals surface area (Å²) in [6.45, 7) is 2.14. The highest BCUT2D eigenvalue weighted by Gasteiger charge is 2.35. The lowest BCUT2D eigenvalue weighted by atomic mass is 10.1. The monoisotopic (exact) mass is 502 g/mol. The van der Waals surface area contributed by atoms with Gasteiger partial charge < -0.3 is 9.47 Å². The SMILES string of the molecule is CCCCSC1=NN2C(=c3ccccc3=NC2c2cc(Br)c(OC)c(OC)c2)C(=O)N1. The van der Waals surface area contributed by atoms with Crippen molar-refractivity contribution in [3.63, 3.8) is 0 Å². The molecule has 0 aromatic heterocycles. The zero-order chi connectivity index (χ0) is 22.0. The van der Waals surface area contributed by atoms with Crippen molar-refractivity contribution in [2.75, 3.05) is 20.0 Å². The number of hydrazone groups is 1. The number of amidine groups is 1. The Balaban J connectivity index is 1.87. The van der Waals surface area contributed by atoms with Crippen LogP contribution in [0.2, 0.25) is 0 Å². The standard InChI is InChI=1S/C22H23BrN4O3S/c1-4-5-10-31-22-25-21(28)18-14-8-6-7-9-16(14)24-20(27(18)26-22)13-11-15(23)19(30-3)17(12-13)29-2/h6-9,11-12,20H,4-5,10H2,1-3H3,(H,25,26,28). The smallest absolute Gasteiger partial charge is 0.276 e. The van der Waals surface area contributed by atoms with Crippen LogP contribution in [0.15, 0.2) is 51.0 Å². The molecule has 1 atom stereocenters. The van der Waals surface area contributed by atoms with Crippen LogP contribution in [0, 0.1) is 0 Å². The highest BCUT2D eigenvalue weighted by molar-refractivity contribution is 9.10. The Morgan fingerprint density at radius 2 is 2.03 bits per heavy atom. The van der Waals surface area contributed by atoms with Crippen LogP contribution in [-0.4, -0.2) is 36.1 Å². The normalized spacial score (nSPS) is 17.2. The van der Waals surface area contributed by atoms with Gasteiger partial charge in [0.25, 0.3) is 5.91 Å². The number of methoxy groups -OCH3 is 2. The number of unbranched alkanes of at least 4 members (excludes halogenated alkanes) is 1. The number of ether oxygens (including phenoxy) is 2. The molecule has 1 amide bonds. The minimum Gasteiger partial charge on any atom is -0.493 e. The van der Waals surface area contributed by atoms with Crippen LogP contribution >= 0.6 is 27.7 Å². The first-order chi connectivity index (χ1) is 15.1. The number of thioether (sulfide) groups is 1. The molecule has 0 spiro atoms. The number of halogens is 1. The third kappa shape index (κ3) is 4.16. The van der Waals surface area contributed by atoms with Crippen molar-refractivity contribution in [1.29, 1.82) is 0 Å². The van der Waals surface area contributed by atoms with Crippen molar-refractivity contribution < 1.29 is 14.3 Å². The van der Waals surface area contributed by atoms with Gasteiger partial charge in [0, 0.05) is 16.5 Å². The van der Waals surface area contributed by atoms with Crippen molar-refractivity contribution in [3.8, 4) is 11.5 Å². The minimum absolute atomic E-state index is 0.180. The van der Waals surface area contributed by atoms with Crippen LogP contribution in [0.1, 0.15) is 31.5 Å². The Morgan fingerprint density at radius 3 is 2.77 bits per heavy atom. The van der Waals surface area contributed by atoms with Gasteiger partial charge in [0.15, 0.2) is 22.8 Å². The molecule has 0 radical (unpaired) electrons. The van der Waals surface area contributed by atoms with Crippen LogP contribution in [0.5, 0.6) is 11.5 Å². The molecule has 0 aliphatic carbocycles. The first-order valence-corrected chi connectivity index (χ1v) is 11.8. The number of rotatable bonds is 6. The molecular weight excluding hydrogens is 480 g/mol. The lowest BCUT2D eigenvalue weighted by molar-refractivity contribution is -0.116.